The zero-order chi connectivity index (χ0) is 20.3. The molecule has 0 aromatic heterocycles. The normalized spacial score (nSPS) is 36.6. The fraction of sp³-hybridized carbons (Fsp3) is 0.591. The fourth-order valence-electron chi connectivity index (χ4n) is 5.78. The first-order valence-corrected chi connectivity index (χ1v) is 12.3. The molecule has 4 fully saturated rings. The Labute approximate surface area is 186 Å². The molecule has 154 valence electrons. The smallest absolute Gasteiger partial charge is 0.338 e. The molecule has 4 aliphatic rings. The third-order valence-electron chi connectivity index (χ3n) is 7.15. The standard InChI is InChI=1S/C22H23Br2NO4/c23-18-14-10-15(19(18)24)17-16(14)20(26)25(21(17)27)12-6-4-5-11(9-12)22(28)29-13-7-2-1-3-8-13/h4-6,9,13-19H,1-3,7-8,10H2/t14-,15-,16-,17+,18-,19+/m1/s1. The van der Waals surface area contributed by atoms with Crippen LogP contribution in [0.4, 0.5) is 5.69 Å². The third kappa shape index (κ3) is 3.11. The topological polar surface area (TPSA) is 63.7 Å². The molecule has 1 aliphatic heterocycles. The minimum atomic E-state index is -0.376. The molecule has 1 aromatic carbocycles. The number of alkyl halides is 2. The molecule has 0 radical (unpaired) electrons. The average molecular weight is 525 g/mol. The van der Waals surface area contributed by atoms with Crippen molar-refractivity contribution in [2.24, 2.45) is 23.7 Å². The Hall–Kier alpha value is -1.21. The van der Waals surface area contributed by atoms with Crippen molar-refractivity contribution in [1.82, 2.24) is 0 Å². The first-order valence-electron chi connectivity index (χ1n) is 10.4. The minimum absolute atomic E-state index is 0.0309. The summed E-state index contributed by atoms with van der Waals surface area (Å²) in [4.78, 5) is 40.7. The van der Waals surface area contributed by atoms with Gasteiger partial charge in [-0.1, -0.05) is 44.3 Å². The van der Waals surface area contributed by atoms with Crippen LogP contribution in [0, 0.1) is 23.7 Å². The molecular weight excluding hydrogens is 502 g/mol. The van der Waals surface area contributed by atoms with Crippen LogP contribution in [0.5, 0.6) is 0 Å². The largest absolute Gasteiger partial charge is 0.459 e. The summed E-state index contributed by atoms with van der Waals surface area (Å²) >= 11 is 7.42. The van der Waals surface area contributed by atoms with Gasteiger partial charge in [-0.15, -0.1) is 0 Å². The first kappa shape index (κ1) is 19.7. The number of hydrogen-bond acceptors (Lipinski definition) is 4. The van der Waals surface area contributed by atoms with Gasteiger partial charge in [-0.05, 0) is 62.1 Å². The van der Waals surface area contributed by atoms with Gasteiger partial charge in [0.05, 0.1) is 23.1 Å². The van der Waals surface area contributed by atoms with Crippen LogP contribution in [0.1, 0.15) is 48.9 Å². The number of hydrogen-bond donors (Lipinski definition) is 0. The lowest BCUT2D eigenvalue weighted by molar-refractivity contribution is -0.123. The van der Waals surface area contributed by atoms with E-state index in [1.807, 2.05) is 0 Å². The molecule has 1 heterocycles. The van der Waals surface area contributed by atoms with Crippen LogP contribution in [-0.2, 0) is 14.3 Å². The number of amides is 2. The molecule has 29 heavy (non-hydrogen) atoms. The van der Waals surface area contributed by atoms with Crippen LogP contribution < -0.4 is 4.90 Å². The Balaban J connectivity index is 1.38. The molecule has 0 unspecified atom stereocenters. The zero-order valence-corrected chi connectivity index (χ0v) is 19.1. The monoisotopic (exact) mass is 523 g/mol. The lowest BCUT2D eigenvalue weighted by Crippen LogP contribution is -2.37. The summed E-state index contributed by atoms with van der Waals surface area (Å²) in [6.07, 6.45) is 6.05. The van der Waals surface area contributed by atoms with E-state index in [9.17, 15) is 14.4 Å². The SMILES string of the molecule is O=C(OC1CCCCC1)c1cccc(N2C(=O)[C@@H]3[C@H]4C[C@@H]([C@H](Br)[C@@H]4Br)[C@@H]3C2=O)c1. The van der Waals surface area contributed by atoms with Crippen molar-refractivity contribution in [3.05, 3.63) is 29.8 Å². The second-order valence-electron chi connectivity index (χ2n) is 8.73. The molecule has 6 atom stereocenters. The summed E-state index contributed by atoms with van der Waals surface area (Å²) in [6.45, 7) is 0. The van der Waals surface area contributed by atoms with Gasteiger partial charge in [0.15, 0.2) is 0 Å². The number of carbonyl (C=O) groups excluding carboxylic acids is 3. The number of benzene rings is 1. The maximum atomic E-state index is 13.2. The number of ether oxygens (including phenoxy) is 1. The summed E-state index contributed by atoms with van der Waals surface area (Å²) in [7, 11) is 0. The summed E-state index contributed by atoms with van der Waals surface area (Å²) in [5.74, 6) is -0.806. The lowest BCUT2D eigenvalue weighted by atomic mass is 9.81. The van der Waals surface area contributed by atoms with Crippen molar-refractivity contribution in [1.29, 1.82) is 0 Å². The van der Waals surface area contributed by atoms with Crippen molar-refractivity contribution in [3.8, 4) is 0 Å². The number of carbonyl (C=O) groups is 3. The van der Waals surface area contributed by atoms with Gasteiger partial charge in [0.25, 0.3) is 0 Å². The molecule has 3 aliphatic carbocycles. The van der Waals surface area contributed by atoms with E-state index in [0.717, 1.165) is 32.1 Å². The van der Waals surface area contributed by atoms with Crippen molar-refractivity contribution >= 4 is 55.3 Å². The highest BCUT2D eigenvalue weighted by Crippen LogP contribution is 2.60. The highest BCUT2D eigenvalue weighted by molar-refractivity contribution is 9.12. The van der Waals surface area contributed by atoms with Gasteiger partial charge in [0.2, 0.25) is 11.8 Å². The number of rotatable bonds is 3. The number of anilines is 1. The van der Waals surface area contributed by atoms with E-state index in [2.05, 4.69) is 31.9 Å². The van der Waals surface area contributed by atoms with E-state index in [1.165, 1.54) is 11.3 Å². The van der Waals surface area contributed by atoms with E-state index in [1.54, 1.807) is 24.3 Å². The van der Waals surface area contributed by atoms with Gasteiger partial charge >= 0.3 is 5.97 Å². The zero-order valence-electron chi connectivity index (χ0n) is 15.9. The number of imide groups is 1. The highest BCUT2D eigenvalue weighted by Gasteiger charge is 2.66. The molecule has 3 saturated carbocycles. The van der Waals surface area contributed by atoms with Crippen LogP contribution in [0.3, 0.4) is 0 Å². The fourth-order valence-corrected chi connectivity index (χ4v) is 7.65. The van der Waals surface area contributed by atoms with Crippen LogP contribution >= 0.6 is 31.9 Å². The highest BCUT2D eigenvalue weighted by atomic mass is 79.9. The molecule has 1 saturated heterocycles. The van der Waals surface area contributed by atoms with Crippen LogP contribution in [0.2, 0.25) is 0 Å². The quantitative estimate of drug-likeness (QED) is 0.333. The predicted molar refractivity (Wildman–Crippen MR) is 115 cm³/mol. The van der Waals surface area contributed by atoms with Gasteiger partial charge < -0.3 is 4.74 Å². The minimum Gasteiger partial charge on any atom is -0.459 e. The lowest BCUT2D eigenvalue weighted by Gasteiger charge is -2.28. The van der Waals surface area contributed by atoms with E-state index in [0.29, 0.717) is 11.3 Å². The molecule has 1 aromatic rings. The van der Waals surface area contributed by atoms with Gasteiger partial charge in [0.1, 0.15) is 6.10 Å². The van der Waals surface area contributed by atoms with Crippen molar-refractivity contribution in [2.45, 2.75) is 54.3 Å². The average Bonchev–Trinajstić information content (AvgIpc) is 3.33. The number of nitrogens with zero attached hydrogens (tertiary/aromatic N) is 1. The van der Waals surface area contributed by atoms with E-state index < -0.39 is 0 Å². The van der Waals surface area contributed by atoms with E-state index >= 15 is 0 Å². The second-order valence-corrected chi connectivity index (χ2v) is 10.8. The third-order valence-corrected chi connectivity index (χ3v) is 10.4. The number of fused-ring (bicyclic) bond motifs is 5. The first-order chi connectivity index (χ1) is 14.0. The maximum absolute atomic E-state index is 13.2. The van der Waals surface area contributed by atoms with E-state index in [4.69, 9.17) is 4.74 Å². The summed E-state index contributed by atoms with van der Waals surface area (Å²) in [5, 5.41) is 0. The van der Waals surface area contributed by atoms with Crippen molar-refractivity contribution in [3.63, 3.8) is 0 Å². The summed E-state index contributed by atoms with van der Waals surface area (Å²) < 4.78 is 5.66. The Morgan fingerprint density at radius 3 is 2.21 bits per heavy atom. The molecule has 5 nitrogen and oxygen atoms in total. The van der Waals surface area contributed by atoms with Crippen LogP contribution in [-0.4, -0.2) is 33.5 Å². The molecule has 7 heteroatoms. The van der Waals surface area contributed by atoms with Gasteiger partial charge in [-0.2, -0.15) is 0 Å². The molecule has 0 spiro atoms. The maximum Gasteiger partial charge on any atom is 0.338 e. The predicted octanol–water partition coefficient (Wildman–Crippen LogP) is 4.46. The molecule has 5 rings (SSSR count). The number of esters is 1. The number of halogens is 2. The van der Waals surface area contributed by atoms with Crippen LogP contribution in [0.15, 0.2) is 24.3 Å². The summed E-state index contributed by atoms with van der Waals surface area (Å²) in [5.41, 5.74) is 0.870. The Bertz CT molecular complexity index is 836. The second kappa shape index (κ2) is 7.49. The van der Waals surface area contributed by atoms with Gasteiger partial charge in [-0.25, -0.2) is 4.79 Å². The summed E-state index contributed by atoms with van der Waals surface area (Å²) in [6, 6.07) is 6.76. The Morgan fingerprint density at radius 1 is 0.966 bits per heavy atom. The van der Waals surface area contributed by atoms with Crippen LogP contribution in [0.25, 0.3) is 0 Å². The molecule has 2 bridgehead atoms. The molecule has 0 N–H and O–H groups in total. The Morgan fingerprint density at radius 2 is 1.59 bits per heavy atom. The van der Waals surface area contributed by atoms with Gasteiger partial charge in [0, 0.05) is 9.65 Å². The van der Waals surface area contributed by atoms with Crippen molar-refractivity contribution < 1.29 is 19.1 Å². The Kier molecular flexibility index (Phi) is 5.09. The molecular formula is C22H23Br2NO4. The van der Waals surface area contributed by atoms with Crippen molar-refractivity contribution in [2.75, 3.05) is 4.90 Å². The molecule has 2 amide bonds. The van der Waals surface area contributed by atoms with Gasteiger partial charge in [-0.3, -0.25) is 14.5 Å². The van der Waals surface area contributed by atoms with E-state index in [-0.39, 0.29) is 57.2 Å².